The van der Waals surface area contributed by atoms with Crippen molar-refractivity contribution in [3.63, 3.8) is 0 Å². The fraction of sp³-hybridized carbons (Fsp3) is 0.392. The minimum atomic E-state index is -5.44. The van der Waals surface area contributed by atoms with Crippen LogP contribution in [0.2, 0.25) is 0 Å². The topological polar surface area (TPSA) is 321 Å². The van der Waals surface area contributed by atoms with Gasteiger partial charge in [-0.25, -0.2) is 48.7 Å². The van der Waals surface area contributed by atoms with Crippen molar-refractivity contribution in [1.29, 1.82) is 0 Å². The minimum absolute atomic E-state index is 0.000965. The van der Waals surface area contributed by atoms with Crippen LogP contribution in [-0.4, -0.2) is 147 Å². The number of fused-ring (bicyclic) bond motifs is 8. The van der Waals surface area contributed by atoms with Crippen molar-refractivity contribution >= 4 is 205 Å². The van der Waals surface area contributed by atoms with Crippen LogP contribution in [0, 0.1) is 25.9 Å². The van der Waals surface area contributed by atoms with E-state index in [1.165, 1.54) is 32.0 Å². The van der Waals surface area contributed by atoms with E-state index >= 15 is 4.39 Å². The summed E-state index contributed by atoms with van der Waals surface area (Å²) < 4.78 is 146. The zero-order valence-electron chi connectivity index (χ0n) is 65.7. The number of aromatic nitrogens is 12. The van der Waals surface area contributed by atoms with E-state index in [0.29, 0.717) is 87.6 Å². The summed E-state index contributed by atoms with van der Waals surface area (Å²) in [6.45, 7) is 19.5. The number of rotatable bonds is 28. The van der Waals surface area contributed by atoms with E-state index in [0.717, 1.165) is 167 Å². The molecule has 25 nitrogen and oxygen atoms in total. The van der Waals surface area contributed by atoms with Gasteiger partial charge in [0.2, 0.25) is 12.8 Å². The van der Waals surface area contributed by atoms with Gasteiger partial charge in [0.1, 0.15) is 39.4 Å². The summed E-state index contributed by atoms with van der Waals surface area (Å²) in [6, 6.07) is 17.6. The minimum Gasteiger partial charge on any atom is -0.493 e. The third-order valence-electron chi connectivity index (χ3n) is 19.2. The first-order chi connectivity index (χ1) is 57.4. The highest BCUT2D eigenvalue weighted by Gasteiger charge is 2.56. The van der Waals surface area contributed by atoms with Crippen LogP contribution >= 0.6 is 137 Å². The first kappa shape index (κ1) is 90.9. The molecule has 41 heteroatoms. The molecule has 0 saturated heterocycles. The summed E-state index contributed by atoms with van der Waals surface area (Å²) in [5.74, 6) is 3.91. The number of ether oxygens (including phenoxy) is 5. The highest BCUT2D eigenvalue weighted by atomic mass is 127. The molecule has 0 radical (unpaired) electrons. The van der Waals surface area contributed by atoms with Gasteiger partial charge in [-0.05, 0) is 226 Å². The molecule has 4 aromatic carbocycles. The predicted molar refractivity (Wildman–Crippen MR) is 486 cm³/mol. The Morgan fingerprint density at radius 2 is 0.858 bits per heavy atom. The fourth-order valence-electron chi connectivity index (χ4n) is 13.4. The van der Waals surface area contributed by atoms with Crippen molar-refractivity contribution in [2.75, 3.05) is 75.7 Å². The summed E-state index contributed by atoms with van der Waals surface area (Å²) in [7, 11) is 0. The molecule has 120 heavy (non-hydrogen) atoms. The van der Waals surface area contributed by atoms with Crippen LogP contribution in [0.1, 0.15) is 83.9 Å². The van der Waals surface area contributed by atoms with Crippen molar-refractivity contribution < 1.29 is 58.8 Å². The van der Waals surface area contributed by atoms with Crippen LogP contribution in [0.25, 0.3) is 44.1 Å². The number of alkyl halides is 6. The van der Waals surface area contributed by atoms with Gasteiger partial charge in [-0.1, -0.05) is 76.8 Å². The first-order valence-corrected chi connectivity index (χ1v) is 46.0. The van der Waals surface area contributed by atoms with Crippen LogP contribution in [0.3, 0.4) is 0 Å². The van der Waals surface area contributed by atoms with E-state index < -0.39 is 36.6 Å². The molecule has 4 aliphatic rings. The summed E-state index contributed by atoms with van der Waals surface area (Å²) in [6.07, 6.45) is 0.702. The highest BCUT2D eigenvalue weighted by molar-refractivity contribution is 14.1. The van der Waals surface area contributed by atoms with Crippen LogP contribution in [0.4, 0.5) is 58.4 Å². The maximum absolute atomic E-state index is 15.2. The molecule has 0 amide bonds. The number of nitrogens with zero attached hydrogens (tertiary/aromatic N) is 12. The third-order valence-corrected chi connectivity index (χ3v) is 28.6. The number of halogens is 12. The lowest BCUT2D eigenvalue weighted by atomic mass is 10.1. The summed E-state index contributed by atoms with van der Waals surface area (Å²) in [4.78, 5) is 38.8. The Hall–Kier alpha value is -6.84. The van der Waals surface area contributed by atoms with Crippen LogP contribution < -0.4 is 67.9 Å². The lowest BCUT2D eigenvalue weighted by Crippen LogP contribution is -2.52. The van der Waals surface area contributed by atoms with Crippen molar-refractivity contribution in [3.05, 3.63) is 128 Å². The van der Waals surface area contributed by atoms with E-state index in [9.17, 15) is 30.7 Å². The van der Waals surface area contributed by atoms with Gasteiger partial charge in [0.15, 0.2) is 67.0 Å². The molecule has 0 atom stereocenters. The quantitative estimate of drug-likeness (QED) is 0.00977. The Balaban J connectivity index is 0.000000139. The van der Waals surface area contributed by atoms with E-state index in [4.69, 9.17) is 56.6 Å². The standard InChI is InChI=1S/C20H18F6IN5OS.C20H22F2IN5OS.C20H24IN5OS.C19H22IN5O2S/c21-19(22,23)17(20(24,25)26)30-4-1-6-32-12-2-5-29-16(28)15(12)31-18(32)34-14-8-10-3-7-33-13(10)9-11(14)27;1-10(2)25-6-3-8-28-12-4-7-26-19(24)16(12)27-20(28)30-18-13(21)11-5-9-29-17(11)14(22)15(18)23;1-12(2)23-6-3-8-26-15-4-7-24-19(22)18(15)25-20(26)28-17-10-13-5-9-27-16(13)11-14(17)21;1-11(2)22-5-3-7-25-13-4-6-23-18(21)17(13)24-19(25)28-16-9-15-14(8-12(16)20)26-10-27-15/h2,5,8-9,17,30H,1,3-4,6-7H2,(H2,28,29);4,7,10,25H,3,5-6,8-9H2,1-2H3,(H2,24,26);4,7,10-12,23H,3,5-6,8-9H2,1-2H3,(H2,22,24);4,6,8-9,11,22H,3,5,7,10H2,1-2H3,(H2,21,23)/i21+0,22+0,23+0,24+0,25+0,26+0;;21-3;20-4. The van der Waals surface area contributed by atoms with E-state index in [-0.39, 0.29) is 46.4 Å². The van der Waals surface area contributed by atoms with Crippen molar-refractivity contribution in [2.45, 2.75) is 189 Å². The highest BCUT2D eigenvalue weighted by Crippen LogP contribution is 2.47. The lowest BCUT2D eigenvalue weighted by Gasteiger charge is -2.24. The van der Waals surface area contributed by atoms with E-state index in [1.54, 1.807) is 58.1 Å². The molecule has 0 unspecified atom stereocenters. The average Bonchev–Trinajstić information content (AvgIpc) is 1.57. The summed E-state index contributed by atoms with van der Waals surface area (Å²) >= 11 is 14.5. The molecule has 8 aromatic heterocycles. The Bertz CT molecular complexity index is 5510. The Kier molecular flexibility index (Phi) is 30.6. The van der Waals surface area contributed by atoms with Gasteiger partial charge < -0.3 is 80.8 Å². The molecule has 4 aliphatic heterocycles. The first-order valence-electron chi connectivity index (χ1n) is 38.4. The Morgan fingerprint density at radius 1 is 0.475 bits per heavy atom. The number of benzene rings is 4. The molecule has 0 spiro atoms. The smallest absolute Gasteiger partial charge is 0.412 e. The Morgan fingerprint density at radius 3 is 1.29 bits per heavy atom. The zero-order valence-corrected chi connectivity index (χ0v) is 77.6. The molecule has 16 rings (SSSR count). The second kappa shape index (κ2) is 40.4. The number of pyridine rings is 4. The normalized spacial score (nSPS) is 13.4. The number of hydrogen-bond donors (Lipinski definition) is 8. The fourth-order valence-corrected chi connectivity index (χ4v) is 20.5. The number of nitrogen functional groups attached to an aromatic ring is 4. The van der Waals surface area contributed by atoms with Gasteiger partial charge in [0.25, 0.3) is 0 Å². The van der Waals surface area contributed by atoms with Crippen LogP contribution in [0.15, 0.2) is 126 Å². The summed E-state index contributed by atoms with van der Waals surface area (Å²) in [5, 5.41) is 14.8. The van der Waals surface area contributed by atoms with Crippen molar-refractivity contribution in [3.8, 4) is 28.7 Å². The largest absolute Gasteiger partial charge is 0.493 e. The molecule has 12 N–H and O–H groups in total. The van der Waals surface area contributed by atoms with Crippen molar-refractivity contribution in [1.82, 2.24) is 79.4 Å². The van der Waals surface area contributed by atoms with Crippen LogP contribution in [-0.2, 0) is 45.4 Å². The maximum Gasteiger partial charge on any atom is 0.412 e. The van der Waals surface area contributed by atoms with E-state index in [2.05, 4.69) is 176 Å². The molecule has 0 aliphatic carbocycles. The molecule has 0 fully saturated rings. The molecule has 0 bridgehead atoms. The second-order valence-corrected chi connectivity index (χ2v) is 37.4. The van der Waals surface area contributed by atoms with Gasteiger partial charge in [-0.2, -0.15) is 26.3 Å². The molecule has 12 heterocycles. The number of nitrogens with one attached hydrogen (secondary N) is 4. The molecule has 0 saturated carbocycles. The number of hydrogen-bond acceptors (Lipinski definition) is 25. The molecular weight excluding hydrogens is 2090 g/mol. The summed E-state index contributed by atoms with van der Waals surface area (Å²) in [5.41, 5.74) is 32.8. The Labute approximate surface area is 757 Å². The molecule has 12 aromatic rings. The monoisotopic (exact) mass is 2180 g/mol. The van der Waals surface area contributed by atoms with Gasteiger partial charge in [0, 0.05) is 119 Å². The van der Waals surface area contributed by atoms with Gasteiger partial charge in [-0.3, -0.25) is 5.32 Å². The average molecular weight is 2180 g/mol. The van der Waals surface area contributed by atoms with Crippen LogP contribution in [0.5, 0.6) is 28.7 Å². The number of imidazole rings is 4. The second-order valence-electron chi connectivity index (χ2n) is 28.8. The van der Waals surface area contributed by atoms with Gasteiger partial charge in [0.05, 0.1) is 50.4 Å². The maximum atomic E-state index is 15.2. The van der Waals surface area contributed by atoms with Gasteiger partial charge >= 0.3 is 12.4 Å². The van der Waals surface area contributed by atoms with E-state index in [1.807, 2.05) is 69.6 Å². The number of nitrogens with two attached hydrogens (primary N) is 4. The third kappa shape index (κ3) is 21.7. The van der Waals surface area contributed by atoms with Gasteiger partial charge in [-0.15, -0.1) is 0 Å². The lowest BCUT2D eigenvalue weighted by molar-refractivity contribution is -0.258. The van der Waals surface area contributed by atoms with Crippen molar-refractivity contribution in [2.24, 2.45) is 0 Å². The number of anilines is 4. The number of aryl methyl sites for hydroxylation is 4. The molecule has 640 valence electrons. The SMILES string of the molecule is CC(C)NCCCn1c(Sc2c(F)c3c(c(F)c2I)OCC3)nc2c(N)nccc21.CC(C)NCCCn1c(Sc2cc3c(cc2[123I])OCO3)nc2c(N)nccc21.CC(C)NCCCn1c(Sc2cc3c(cc2[124I])OCC3)nc2c(N)nccc21.Nc1nccc2c1nc(Sc1cc3c(cc1I)OCC3)n2CCCNC(C([19F])([19F])[19F])C([19F])([19F])[19F]. The molecular formula is C79H86F8I4N20O5S4. The zero-order chi connectivity index (χ0) is 85.4. The predicted octanol–water partition coefficient (Wildman–Crippen LogP) is 17.5.